The van der Waals surface area contributed by atoms with Gasteiger partial charge in [-0.25, -0.2) is 0 Å². The lowest BCUT2D eigenvalue weighted by atomic mass is 10.0. The smallest absolute Gasteiger partial charge is 0.227 e. The van der Waals surface area contributed by atoms with Crippen LogP contribution in [0.2, 0.25) is 0 Å². The molecule has 0 spiro atoms. The minimum absolute atomic E-state index is 0.0329. The van der Waals surface area contributed by atoms with E-state index in [1.807, 2.05) is 12.1 Å². The van der Waals surface area contributed by atoms with Crippen molar-refractivity contribution in [1.29, 1.82) is 0 Å². The van der Waals surface area contributed by atoms with Gasteiger partial charge in [0.05, 0.1) is 39.4 Å². The van der Waals surface area contributed by atoms with Gasteiger partial charge in [0.2, 0.25) is 5.91 Å². The molecule has 0 radical (unpaired) electrons. The highest BCUT2D eigenvalue weighted by Gasteiger charge is 2.33. The molecule has 2 fully saturated rings. The summed E-state index contributed by atoms with van der Waals surface area (Å²) in [7, 11) is 3.37. The third kappa shape index (κ3) is 3.22. The van der Waals surface area contributed by atoms with Gasteiger partial charge in [0, 0.05) is 25.2 Å². The molecule has 2 heterocycles. The quantitative estimate of drug-likeness (QED) is 0.905. The van der Waals surface area contributed by atoms with E-state index in [1.54, 1.807) is 14.2 Å². The Kier molecular flexibility index (Phi) is 4.70. The molecule has 0 unspecified atom stereocenters. The molecule has 4 rings (SSSR count). The first-order valence-electron chi connectivity index (χ1n) is 8.92. The van der Waals surface area contributed by atoms with E-state index in [-0.39, 0.29) is 17.9 Å². The summed E-state index contributed by atoms with van der Waals surface area (Å²) in [5.74, 6) is 1.65. The van der Waals surface area contributed by atoms with Gasteiger partial charge in [0.1, 0.15) is 11.5 Å². The molecule has 2 aromatic carbocycles. The summed E-state index contributed by atoms with van der Waals surface area (Å²) < 4.78 is 16.7. The lowest BCUT2D eigenvalue weighted by Crippen LogP contribution is -2.41. The normalized spacial score (nSPS) is 23.4. The Morgan fingerprint density at radius 2 is 2.00 bits per heavy atom. The second kappa shape index (κ2) is 7.13. The van der Waals surface area contributed by atoms with Crippen molar-refractivity contribution in [2.75, 3.05) is 40.5 Å². The number of carbonyl (C=O) groups excluding carboxylic acids is 1. The Balaban J connectivity index is 1.70. The van der Waals surface area contributed by atoms with Crippen LogP contribution in [0.5, 0.6) is 11.5 Å². The summed E-state index contributed by atoms with van der Waals surface area (Å²) in [6.07, 6.45) is 0. The predicted octanol–water partition coefficient (Wildman–Crippen LogP) is 1.80. The van der Waals surface area contributed by atoms with E-state index in [0.717, 1.165) is 40.9 Å². The predicted molar refractivity (Wildman–Crippen MR) is 98.6 cm³/mol. The third-order valence-electron chi connectivity index (χ3n) is 5.21. The Morgan fingerprint density at radius 3 is 2.81 bits per heavy atom. The largest absolute Gasteiger partial charge is 0.497 e. The fraction of sp³-hybridized carbons (Fsp3) is 0.450. The number of nitrogens with zero attached hydrogens (tertiary/aromatic N) is 1. The van der Waals surface area contributed by atoms with Crippen molar-refractivity contribution in [2.24, 2.45) is 5.92 Å². The monoisotopic (exact) mass is 356 g/mol. The Morgan fingerprint density at radius 1 is 1.15 bits per heavy atom. The van der Waals surface area contributed by atoms with E-state index in [9.17, 15) is 4.79 Å². The van der Waals surface area contributed by atoms with E-state index >= 15 is 0 Å². The van der Waals surface area contributed by atoms with Crippen LogP contribution in [0, 0.1) is 5.92 Å². The van der Waals surface area contributed by atoms with Gasteiger partial charge in [-0.3, -0.25) is 9.69 Å². The fourth-order valence-corrected chi connectivity index (χ4v) is 3.90. The molecule has 26 heavy (non-hydrogen) atoms. The van der Waals surface area contributed by atoms with Gasteiger partial charge in [-0.05, 0) is 29.0 Å². The number of ether oxygens (including phenoxy) is 3. The van der Waals surface area contributed by atoms with Crippen LogP contribution in [0.25, 0.3) is 10.8 Å². The Hall–Kier alpha value is -2.31. The molecule has 0 aliphatic carbocycles. The molecule has 1 N–H and O–H groups in total. The molecule has 2 bridgehead atoms. The highest BCUT2D eigenvalue weighted by molar-refractivity contribution is 5.89. The van der Waals surface area contributed by atoms with E-state index in [2.05, 4.69) is 28.4 Å². The van der Waals surface area contributed by atoms with Gasteiger partial charge >= 0.3 is 0 Å². The molecule has 6 heteroatoms. The number of rotatable bonds is 4. The van der Waals surface area contributed by atoms with Gasteiger partial charge in [-0.2, -0.15) is 0 Å². The second-order valence-corrected chi connectivity index (χ2v) is 6.97. The number of nitrogens with one attached hydrogen (secondary N) is 1. The molecule has 6 nitrogen and oxygen atoms in total. The summed E-state index contributed by atoms with van der Waals surface area (Å²) in [5, 5.41) is 5.35. The van der Waals surface area contributed by atoms with Crippen LogP contribution in [0.1, 0.15) is 5.56 Å². The zero-order chi connectivity index (χ0) is 18.1. The average molecular weight is 356 g/mol. The Bertz CT molecular complexity index is 818. The van der Waals surface area contributed by atoms with Crippen LogP contribution in [0.15, 0.2) is 30.3 Å². The average Bonchev–Trinajstić information content (AvgIpc) is 2.90. The van der Waals surface area contributed by atoms with E-state index in [4.69, 9.17) is 14.2 Å². The second-order valence-electron chi connectivity index (χ2n) is 6.97. The van der Waals surface area contributed by atoms with Crippen molar-refractivity contribution < 1.29 is 19.0 Å². The zero-order valence-corrected chi connectivity index (χ0v) is 15.2. The maximum absolute atomic E-state index is 12.3. The van der Waals surface area contributed by atoms with Crippen molar-refractivity contribution >= 4 is 16.7 Å². The maximum atomic E-state index is 12.3. The first-order valence-corrected chi connectivity index (χ1v) is 8.92. The van der Waals surface area contributed by atoms with Gasteiger partial charge in [0.15, 0.2) is 0 Å². The van der Waals surface area contributed by atoms with E-state index in [1.165, 1.54) is 0 Å². The van der Waals surface area contributed by atoms with Crippen LogP contribution in [0.4, 0.5) is 0 Å². The number of fused-ring (bicyclic) bond motifs is 4. The van der Waals surface area contributed by atoms with E-state index < -0.39 is 0 Å². The number of methoxy groups -OCH3 is 2. The minimum Gasteiger partial charge on any atom is -0.497 e. The summed E-state index contributed by atoms with van der Waals surface area (Å²) in [5.41, 5.74) is 1.12. The molecule has 2 saturated heterocycles. The highest BCUT2D eigenvalue weighted by Crippen LogP contribution is 2.32. The molecule has 0 saturated carbocycles. The van der Waals surface area contributed by atoms with Gasteiger partial charge in [-0.15, -0.1) is 0 Å². The van der Waals surface area contributed by atoms with Crippen LogP contribution in [-0.2, 0) is 16.1 Å². The molecule has 2 aliphatic heterocycles. The first kappa shape index (κ1) is 17.1. The topological polar surface area (TPSA) is 60.0 Å². The van der Waals surface area contributed by atoms with Gasteiger partial charge in [-0.1, -0.05) is 12.1 Å². The molecular formula is C20H24N2O4. The van der Waals surface area contributed by atoms with E-state index in [0.29, 0.717) is 19.8 Å². The van der Waals surface area contributed by atoms with Crippen LogP contribution < -0.4 is 14.8 Å². The lowest BCUT2D eigenvalue weighted by molar-refractivity contribution is -0.125. The third-order valence-corrected chi connectivity index (χ3v) is 5.21. The van der Waals surface area contributed by atoms with Gasteiger partial charge in [0.25, 0.3) is 0 Å². The molecule has 2 atom stereocenters. The van der Waals surface area contributed by atoms with Crippen molar-refractivity contribution in [3.8, 4) is 11.5 Å². The Labute approximate surface area is 153 Å². The number of carbonyl (C=O) groups is 1. The molecule has 2 aromatic rings. The molecule has 1 amide bonds. The maximum Gasteiger partial charge on any atom is 0.227 e. The number of benzene rings is 2. The molecule has 0 aromatic heterocycles. The molecule has 138 valence electrons. The molecular weight excluding hydrogens is 332 g/mol. The molecule has 2 aliphatic rings. The van der Waals surface area contributed by atoms with Crippen molar-refractivity contribution in [2.45, 2.75) is 12.6 Å². The summed E-state index contributed by atoms with van der Waals surface area (Å²) in [6.45, 7) is 3.23. The highest BCUT2D eigenvalue weighted by atomic mass is 16.5. The SMILES string of the molecule is COc1ccc2ccc(OC)c(CN3C[C@H]4COC[C@@H](C3)C(=O)N4)c2c1. The fourth-order valence-electron chi connectivity index (χ4n) is 3.90. The summed E-state index contributed by atoms with van der Waals surface area (Å²) in [6, 6.07) is 10.2. The van der Waals surface area contributed by atoms with Crippen LogP contribution >= 0.6 is 0 Å². The summed E-state index contributed by atoms with van der Waals surface area (Å²) >= 11 is 0. The standard InChI is InChI=1S/C20H24N2O4/c1-24-16-5-3-13-4-6-19(25-2)18(17(13)7-16)10-22-8-14-11-26-12-15(9-22)21-20(14)23/h3-7,14-15H,8-12H2,1-2H3,(H,21,23)/t14-,15+/m1/s1. The summed E-state index contributed by atoms with van der Waals surface area (Å²) in [4.78, 5) is 14.6. The lowest BCUT2D eigenvalue weighted by Gasteiger charge is -2.28. The van der Waals surface area contributed by atoms with Crippen molar-refractivity contribution in [3.05, 3.63) is 35.9 Å². The number of hydrogen-bond donors (Lipinski definition) is 1. The van der Waals surface area contributed by atoms with Crippen LogP contribution in [-0.4, -0.2) is 57.4 Å². The first-order chi connectivity index (χ1) is 12.7. The van der Waals surface area contributed by atoms with Crippen LogP contribution in [0.3, 0.4) is 0 Å². The number of amides is 1. The minimum atomic E-state index is -0.127. The van der Waals surface area contributed by atoms with Gasteiger partial charge < -0.3 is 19.5 Å². The zero-order valence-electron chi connectivity index (χ0n) is 15.2. The van der Waals surface area contributed by atoms with Crippen molar-refractivity contribution in [1.82, 2.24) is 10.2 Å². The number of hydrogen-bond acceptors (Lipinski definition) is 5. The van der Waals surface area contributed by atoms with Crippen molar-refractivity contribution in [3.63, 3.8) is 0 Å².